The van der Waals surface area contributed by atoms with Gasteiger partial charge in [-0.2, -0.15) is 0 Å². The van der Waals surface area contributed by atoms with E-state index < -0.39 is 0 Å². The normalized spacial score (nSPS) is 10.3. The number of hydrogen-bond donors (Lipinski definition) is 1. The zero-order chi connectivity index (χ0) is 13.1. The Balaban J connectivity index is 2.05. The van der Waals surface area contributed by atoms with Crippen LogP contribution in [0.4, 0.5) is 5.88 Å². The van der Waals surface area contributed by atoms with E-state index in [0.717, 1.165) is 0 Å². The Kier molecular flexibility index (Phi) is 3.22. The molecule has 0 atom stereocenters. The molecule has 1 N–H and O–H groups in total. The SMILES string of the molecule is Cc1cc(=O)n(CC(=O)Nc2cc(C)no2)cn1. The van der Waals surface area contributed by atoms with Crippen molar-refractivity contribution in [2.24, 2.45) is 0 Å². The molecule has 0 aromatic carbocycles. The molecule has 1 amide bonds. The molecule has 0 saturated carbocycles. The van der Waals surface area contributed by atoms with Crippen LogP contribution in [0.25, 0.3) is 0 Å². The molecule has 2 rings (SSSR count). The lowest BCUT2D eigenvalue weighted by Gasteiger charge is -2.04. The number of aryl methyl sites for hydroxylation is 2. The molecule has 18 heavy (non-hydrogen) atoms. The topological polar surface area (TPSA) is 90.0 Å². The molecule has 7 heteroatoms. The molecule has 0 bridgehead atoms. The molecule has 0 saturated heterocycles. The van der Waals surface area contributed by atoms with Gasteiger partial charge in [0.1, 0.15) is 6.54 Å². The van der Waals surface area contributed by atoms with Gasteiger partial charge in [0.2, 0.25) is 11.8 Å². The Hall–Kier alpha value is -2.44. The highest BCUT2D eigenvalue weighted by Gasteiger charge is 2.08. The second-order valence-electron chi connectivity index (χ2n) is 3.88. The molecule has 0 aliphatic rings. The molecule has 7 nitrogen and oxygen atoms in total. The van der Waals surface area contributed by atoms with E-state index in [1.165, 1.54) is 17.0 Å². The van der Waals surface area contributed by atoms with Gasteiger partial charge in [0.15, 0.2) is 0 Å². The van der Waals surface area contributed by atoms with Gasteiger partial charge in [-0.3, -0.25) is 19.5 Å². The highest BCUT2D eigenvalue weighted by Crippen LogP contribution is 2.07. The van der Waals surface area contributed by atoms with Gasteiger partial charge in [-0.15, -0.1) is 0 Å². The van der Waals surface area contributed by atoms with E-state index >= 15 is 0 Å². The number of hydrogen-bond acceptors (Lipinski definition) is 5. The lowest BCUT2D eigenvalue weighted by molar-refractivity contribution is -0.116. The molecule has 2 aromatic rings. The Morgan fingerprint density at radius 3 is 2.78 bits per heavy atom. The molecule has 0 unspecified atom stereocenters. The highest BCUT2D eigenvalue weighted by molar-refractivity contribution is 5.89. The average molecular weight is 248 g/mol. The summed E-state index contributed by atoms with van der Waals surface area (Å²) in [5, 5.41) is 6.13. The standard InChI is InChI=1S/C11H12N4O3/c1-7-4-11(17)15(6-12-7)5-9(16)13-10-3-8(2)14-18-10/h3-4,6H,5H2,1-2H3,(H,13,16). The van der Waals surface area contributed by atoms with Gasteiger partial charge >= 0.3 is 0 Å². The van der Waals surface area contributed by atoms with E-state index in [1.807, 2.05) is 0 Å². The van der Waals surface area contributed by atoms with Gasteiger partial charge < -0.3 is 4.52 Å². The van der Waals surface area contributed by atoms with Crippen molar-refractivity contribution in [3.05, 3.63) is 40.2 Å². The first-order chi connectivity index (χ1) is 8.54. The number of rotatable bonds is 3. The largest absolute Gasteiger partial charge is 0.338 e. The first kappa shape index (κ1) is 12.0. The van der Waals surface area contributed by atoms with Crippen LogP contribution in [0.5, 0.6) is 0 Å². The van der Waals surface area contributed by atoms with Crippen molar-refractivity contribution in [1.82, 2.24) is 14.7 Å². The van der Waals surface area contributed by atoms with Crippen molar-refractivity contribution in [3.8, 4) is 0 Å². The van der Waals surface area contributed by atoms with Crippen molar-refractivity contribution in [1.29, 1.82) is 0 Å². The molecular formula is C11H12N4O3. The maximum absolute atomic E-state index is 11.6. The first-order valence-corrected chi connectivity index (χ1v) is 5.31. The van der Waals surface area contributed by atoms with Gasteiger partial charge in [0.25, 0.3) is 5.56 Å². The number of nitrogens with one attached hydrogen (secondary N) is 1. The maximum Gasteiger partial charge on any atom is 0.253 e. The zero-order valence-electron chi connectivity index (χ0n) is 10.0. The summed E-state index contributed by atoms with van der Waals surface area (Å²) in [6.45, 7) is 3.34. The lowest BCUT2D eigenvalue weighted by Crippen LogP contribution is -2.27. The quantitative estimate of drug-likeness (QED) is 0.853. The van der Waals surface area contributed by atoms with Gasteiger partial charge in [-0.25, -0.2) is 4.98 Å². The minimum atomic E-state index is -0.376. The van der Waals surface area contributed by atoms with Crippen molar-refractivity contribution >= 4 is 11.8 Å². The number of carbonyl (C=O) groups is 1. The van der Waals surface area contributed by atoms with Gasteiger partial charge in [-0.1, -0.05) is 5.16 Å². The maximum atomic E-state index is 11.6. The van der Waals surface area contributed by atoms with Crippen molar-refractivity contribution in [3.63, 3.8) is 0 Å². The second-order valence-corrected chi connectivity index (χ2v) is 3.88. The Bertz CT molecular complexity index is 629. The fourth-order valence-corrected chi connectivity index (χ4v) is 1.39. The van der Waals surface area contributed by atoms with E-state index in [4.69, 9.17) is 4.52 Å². The van der Waals surface area contributed by atoms with Crippen LogP contribution in [0.15, 0.2) is 27.8 Å². The predicted molar refractivity (Wildman–Crippen MR) is 63.1 cm³/mol. The van der Waals surface area contributed by atoms with Crippen LogP contribution in [0, 0.1) is 13.8 Å². The monoisotopic (exact) mass is 248 g/mol. The molecule has 2 aromatic heterocycles. The third-order valence-corrected chi connectivity index (χ3v) is 2.22. The molecular weight excluding hydrogens is 236 g/mol. The fraction of sp³-hybridized carbons (Fsp3) is 0.273. The lowest BCUT2D eigenvalue weighted by atomic mass is 10.4. The molecule has 2 heterocycles. The number of aromatic nitrogens is 3. The highest BCUT2D eigenvalue weighted by atomic mass is 16.5. The first-order valence-electron chi connectivity index (χ1n) is 5.31. The van der Waals surface area contributed by atoms with Gasteiger partial charge in [0.05, 0.1) is 12.0 Å². The van der Waals surface area contributed by atoms with Crippen molar-refractivity contribution < 1.29 is 9.32 Å². The number of amides is 1. The minimum absolute atomic E-state index is 0.119. The van der Waals surface area contributed by atoms with E-state index in [1.54, 1.807) is 19.9 Å². The predicted octanol–water partition coefficient (Wildman–Crippen LogP) is 0.487. The van der Waals surface area contributed by atoms with Gasteiger partial charge in [-0.05, 0) is 13.8 Å². The third-order valence-electron chi connectivity index (χ3n) is 2.22. The van der Waals surface area contributed by atoms with Crippen molar-refractivity contribution in [2.75, 3.05) is 5.32 Å². The third kappa shape index (κ3) is 2.82. The number of anilines is 1. The molecule has 0 fully saturated rings. The fourth-order valence-electron chi connectivity index (χ4n) is 1.39. The van der Waals surface area contributed by atoms with Crippen LogP contribution in [0.2, 0.25) is 0 Å². The van der Waals surface area contributed by atoms with Crippen LogP contribution in [0.1, 0.15) is 11.4 Å². The van der Waals surface area contributed by atoms with E-state index in [-0.39, 0.29) is 23.9 Å². The van der Waals surface area contributed by atoms with E-state index in [9.17, 15) is 9.59 Å². The summed E-state index contributed by atoms with van der Waals surface area (Å²) in [4.78, 5) is 27.1. The van der Waals surface area contributed by atoms with Crippen molar-refractivity contribution in [2.45, 2.75) is 20.4 Å². The molecule has 94 valence electrons. The Morgan fingerprint density at radius 2 is 2.17 bits per heavy atom. The summed E-state index contributed by atoms with van der Waals surface area (Å²) < 4.78 is 6.05. The summed E-state index contributed by atoms with van der Waals surface area (Å²) in [6.07, 6.45) is 1.34. The second kappa shape index (κ2) is 4.82. The van der Waals surface area contributed by atoms with E-state index in [2.05, 4.69) is 15.5 Å². The van der Waals surface area contributed by atoms with Crippen LogP contribution >= 0.6 is 0 Å². The summed E-state index contributed by atoms with van der Waals surface area (Å²) in [7, 11) is 0. The summed E-state index contributed by atoms with van der Waals surface area (Å²) in [6, 6.07) is 2.96. The number of carbonyl (C=O) groups excluding carboxylic acids is 1. The van der Waals surface area contributed by atoms with Crippen LogP contribution < -0.4 is 10.9 Å². The van der Waals surface area contributed by atoms with Crippen LogP contribution in [-0.4, -0.2) is 20.6 Å². The molecule has 0 aliphatic heterocycles. The molecule has 0 aliphatic carbocycles. The zero-order valence-corrected chi connectivity index (χ0v) is 10.0. The Labute approximate surface area is 102 Å². The Morgan fingerprint density at radius 1 is 1.39 bits per heavy atom. The number of nitrogens with zero attached hydrogens (tertiary/aromatic N) is 3. The average Bonchev–Trinajstić information content (AvgIpc) is 2.68. The minimum Gasteiger partial charge on any atom is -0.338 e. The summed E-state index contributed by atoms with van der Waals surface area (Å²) in [5.74, 6) is -0.121. The van der Waals surface area contributed by atoms with E-state index in [0.29, 0.717) is 11.4 Å². The van der Waals surface area contributed by atoms with Crippen LogP contribution in [-0.2, 0) is 11.3 Å². The molecule has 0 radical (unpaired) electrons. The smallest absolute Gasteiger partial charge is 0.253 e. The molecule has 0 spiro atoms. The van der Waals surface area contributed by atoms with Crippen LogP contribution in [0.3, 0.4) is 0 Å². The summed E-state index contributed by atoms with van der Waals surface area (Å²) in [5.41, 5.74) is 1.01. The summed E-state index contributed by atoms with van der Waals surface area (Å²) >= 11 is 0. The van der Waals surface area contributed by atoms with Gasteiger partial charge in [0, 0.05) is 17.8 Å².